The van der Waals surface area contributed by atoms with Gasteiger partial charge >= 0.3 is 5.69 Å². The van der Waals surface area contributed by atoms with Crippen molar-refractivity contribution >= 4 is 38.9 Å². The normalized spacial score (nSPS) is 11.6. The first kappa shape index (κ1) is 20.1. The topological polar surface area (TPSA) is 90.4 Å². The van der Waals surface area contributed by atoms with Crippen LogP contribution in [0.4, 0.5) is 5.69 Å². The second kappa shape index (κ2) is 7.91. The molecule has 0 bridgehead atoms. The van der Waals surface area contributed by atoms with Crippen molar-refractivity contribution in [2.45, 2.75) is 40.3 Å². The molecule has 0 aliphatic rings. The molecule has 0 aliphatic carbocycles. The minimum atomic E-state index is -0.441. The lowest BCUT2D eigenvalue weighted by atomic mass is 10.1. The molecule has 1 N–H and O–H groups in total. The van der Waals surface area contributed by atoms with E-state index in [9.17, 15) is 14.4 Å². The average Bonchev–Trinajstić information content (AvgIpc) is 3.30. The molecule has 3 aromatic heterocycles. The van der Waals surface area contributed by atoms with Gasteiger partial charge in [-0.3, -0.25) is 14.2 Å². The number of rotatable bonds is 6. The maximum absolute atomic E-state index is 13.1. The first-order chi connectivity index (χ1) is 14.4. The van der Waals surface area contributed by atoms with Crippen LogP contribution in [0.25, 0.3) is 16.0 Å². The molecule has 1 amide bonds. The molecule has 0 saturated carbocycles. The summed E-state index contributed by atoms with van der Waals surface area (Å²) in [5.41, 5.74) is 1.69. The summed E-state index contributed by atoms with van der Waals surface area (Å²) in [6.07, 6.45) is 0.861. The second-order valence-electron chi connectivity index (χ2n) is 7.62. The Hall–Kier alpha value is -3.20. The molecule has 0 saturated heterocycles. The predicted octanol–water partition coefficient (Wildman–Crippen LogP) is 2.73. The molecule has 0 atom stereocenters. The predicted molar refractivity (Wildman–Crippen MR) is 118 cm³/mol. The van der Waals surface area contributed by atoms with Crippen LogP contribution in [0.1, 0.15) is 26.3 Å². The minimum Gasteiger partial charge on any atom is -0.324 e. The number of benzene rings is 1. The van der Waals surface area contributed by atoms with Crippen molar-refractivity contribution in [1.82, 2.24) is 18.7 Å². The van der Waals surface area contributed by atoms with Gasteiger partial charge < -0.3 is 5.32 Å². The Kier molecular flexibility index (Phi) is 5.29. The summed E-state index contributed by atoms with van der Waals surface area (Å²) in [5.74, 6) is 0.0942. The van der Waals surface area contributed by atoms with E-state index < -0.39 is 5.69 Å². The SMILES string of the molecule is CCc1cccc(NC(=O)Cn2nc3n(CC(C)C)c(=O)c4sccc4n3c2=O)c1. The van der Waals surface area contributed by atoms with Gasteiger partial charge in [-0.05, 0) is 41.5 Å². The van der Waals surface area contributed by atoms with Gasteiger partial charge in [0.05, 0.1) is 5.52 Å². The highest BCUT2D eigenvalue weighted by atomic mass is 32.1. The Labute approximate surface area is 176 Å². The standard InChI is InChI=1S/C21H23N5O3S/c1-4-14-6-5-7-15(10-14)22-17(27)12-25-21(29)26-16-8-9-30-18(16)19(28)24(11-13(2)3)20(26)23-25/h5-10,13H,4,11-12H2,1-3H3,(H,22,27). The summed E-state index contributed by atoms with van der Waals surface area (Å²) >= 11 is 1.30. The third-order valence-corrected chi connectivity index (χ3v) is 5.74. The number of hydrogen-bond donors (Lipinski definition) is 1. The lowest BCUT2D eigenvalue weighted by Gasteiger charge is -2.09. The van der Waals surface area contributed by atoms with E-state index in [2.05, 4.69) is 10.4 Å². The van der Waals surface area contributed by atoms with E-state index >= 15 is 0 Å². The Morgan fingerprint density at radius 1 is 1.23 bits per heavy atom. The molecular formula is C21H23N5O3S. The molecular weight excluding hydrogens is 402 g/mol. The maximum atomic E-state index is 13.1. The third kappa shape index (κ3) is 3.56. The lowest BCUT2D eigenvalue weighted by Crippen LogP contribution is -2.29. The molecule has 9 heteroatoms. The zero-order valence-electron chi connectivity index (χ0n) is 17.1. The van der Waals surface area contributed by atoms with Crippen molar-refractivity contribution in [2.24, 2.45) is 5.92 Å². The molecule has 3 heterocycles. The minimum absolute atomic E-state index is 0.167. The molecule has 4 aromatic rings. The van der Waals surface area contributed by atoms with E-state index in [0.717, 1.165) is 16.7 Å². The molecule has 156 valence electrons. The second-order valence-corrected chi connectivity index (χ2v) is 8.54. The highest BCUT2D eigenvalue weighted by Crippen LogP contribution is 2.18. The summed E-state index contributed by atoms with van der Waals surface area (Å²) < 4.78 is 4.55. The van der Waals surface area contributed by atoms with Crippen LogP contribution in [-0.2, 0) is 24.3 Å². The van der Waals surface area contributed by atoms with Crippen LogP contribution >= 0.6 is 11.3 Å². The summed E-state index contributed by atoms with van der Waals surface area (Å²) in [5, 5.41) is 8.94. The van der Waals surface area contributed by atoms with Crippen LogP contribution in [0.3, 0.4) is 0 Å². The van der Waals surface area contributed by atoms with Crippen molar-refractivity contribution in [3.63, 3.8) is 0 Å². The molecule has 0 unspecified atom stereocenters. The van der Waals surface area contributed by atoms with Crippen molar-refractivity contribution in [1.29, 1.82) is 0 Å². The van der Waals surface area contributed by atoms with E-state index in [0.29, 0.717) is 22.4 Å². The van der Waals surface area contributed by atoms with Gasteiger partial charge in [0.1, 0.15) is 11.2 Å². The molecule has 0 radical (unpaired) electrons. The van der Waals surface area contributed by atoms with Gasteiger partial charge in [-0.1, -0.05) is 32.9 Å². The summed E-state index contributed by atoms with van der Waals surface area (Å²) in [6.45, 7) is 6.23. The van der Waals surface area contributed by atoms with Gasteiger partial charge in [0, 0.05) is 12.2 Å². The Bertz CT molecular complexity index is 1360. The van der Waals surface area contributed by atoms with Gasteiger partial charge in [-0.2, -0.15) is 0 Å². The fourth-order valence-corrected chi connectivity index (χ4v) is 4.30. The van der Waals surface area contributed by atoms with E-state index in [-0.39, 0.29) is 29.7 Å². The molecule has 0 aliphatic heterocycles. The van der Waals surface area contributed by atoms with Crippen molar-refractivity contribution in [2.75, 3.05) is 5.32 Å². The van der Waals surface area contributed by atoms with Gasteiger partial charge in [0.2, 0.25) is 11.7 Å². The van der Waals surface area contributed by atoms with E-state index in [1.165, 1.54) is 20.3 Å². The quantitative estimate of drug-likeness (QED) is 0.514. The maximum Gasteiger partial charge on any atom is 0.352 e. The fraction of sp³-hybridized carbons (Fsp3) is 0.333. The zero-order chi connectivity index (χ0) is 21.4. The first-order valence-corrected chi connectivity index (χ1v) is 10.8. The number of anilines is 1. The van der Waals surface area contributed by atoms with Crippen LogP contribution in [0.15, 0.2) is 45.3 Å². The summed E-state index contributed by atoms with van der Waals surface area (Å²) in [7, 11) is 0. The molecule has 0 spiro atoms. The van der Waals surface area contributed by atoms with Crippen LogP contribution in [0.5, 0.6) is 0 Å². The Morgan fingerprint density at radius 2 is 2.03 bits per heavy atom. The van der Waals surface area contributed by atoms with Crippen molar-refractivity contribution in [3.8, 4) is 0 Å². The highest BCUT2D eigenvalue weighted by Gasteiger charge is 2.20. The van der Waals surface area contributed by atoms with Crippen molar-refractivity contribution in [3.05, 3.63) is 62.1 Å². The van der Waals surface area contributed by atoms with Gasteiger partial charge in [-0.15, -0.1) is 16.4 Å². The average molecular weight is 426 g/mol. The number of hydrogen-bond acceptors (Lipinski definition) is 5. The smallest absolute Gasteiger partial charge is 0.324 e. The Morgan fingerprint density at radius 3 is 2.77 bits per heavy atom. The van der Waals surface area contributed by atoms with Crippen LogP contribution < -0.4 is 16.6 Å². The van der Waals surface area contributed by atoms with Crippen LogP contribution in [-0.4, -0.2) is 24.7 Å². The zero-order valence-corrected chi connectivity index (χ0v) is 17.9. The Balaban J connectivity index is 1.75. The molecule has 1 aromatic carbocycles. The van der Waals surface area contributed by atoms with Gasteiger partial charge in [0.15, 0.2) is 0 Å². The molecule has 0 fully saturated rings. The molecule has 30 heavy (non-hydrogen) atoms. The van der Waals surface area contributed by atoms with Crippen LogP contribution in [0.2, 0.25) is 0 Å². The van der Waals surface area contributed by atoms with Crippen molar-refractivity contribution < 1.29 is 4.79 Å². The summed E-state index contributed by atoms with van der Waals surface area (Å²) in [4.78, 5) is 38.5. The first-order valence-electron chi connectivity index (χ1n) is 9.87. The summed E-state index contributed by atoms with van der Waals surface area (Å²) in [6, 6.07) is 9.31. The van der Waals surface area contributed by atoms with E-state index in [4.69, 9.17) is 0 Å². The lowest BCUT2D eigenvalue weighted by molar-refractivity contribution is -0.117. The fourth-order valence-electron chi connectivity index (χ4n) is 3.47. The number of amides is 1. The number of aromatic nitrogens is 4. The monoisotopic (exact) mass is 425 g/mol. The van der Waals surface area contributed by atoms with E-state index in [1.807, 2.05) is 39.0 Å². The number of carbonyl (C=O) groups excluding carboxylic acids is 1. The number of nitrogens with zero attached hydrogens (tertiary/aromatic N) is 4. The number of fused-ring (bicyclic) bond motifs is 3. The van der Waals surface area contributed by atoms with Gasteiger partial charge in [0.25, 0.3) is 5.56 Å². The third-order valence-electron chi connectivity index (χ3n) is 4.85. The van der Waals surface area contributed by atoms with E-state index in [1.54, 1.807) is 17.5 Å². The number of carbonyl (C=O) groups is 1. The molecule has 8 nitrogen and oxygen atoms in total. The number of nitrogens with one attached hydrogen (secondary N) is 1. The molecule has 4 rings (SSSR count). The van der Waals surface area contributed by atoms with Crippen LogP contribution in [0, 0.1) is 5.92 Å². The number of thiophene rings is 1. The van der Waals surface area contributed by atoms with Gasteiger partial charge in [-0.25, -0.2) is 13.9 Å². The largest absolute Gasteiger partial charge is 0.352 e. The number of aryl methyl sites for hydroxylation is 1. The highest BCUT2D eigenvalue weighted by molar-refractivity contribution is 7.17.